The van der Waals surface area contributed by atoms with Gasteiger partial charge in [-0.2, -0.15) is 0 Å². The number of phenolic OH excluding ortho intramolecular Hbond substituents is 1. The van der Waals surface area contributed by atoms with Gasteiger partial charge in [-0.05, 0) is 35.2 Å². The van der Waals surface area contributed by atoms with Crippen LogP contribution in [-0.4, -0.2) is 20.6 Å². The van der Waals surface area contributed by atoms with Gasteiger partial charge in [-0.3, -0.25) is 4.72 Å². The van der Waals surface area contributed by atoms with Gasteiger partial charge in [-0.25, -0.2) is 8.42 Å². The molecule has 6 heteroatoms. The van der Waals surface area contributed by atoms with E-state index in [9.17, 15) is 13.5 Å². The standard InChI is InChI=1S/C17H21NO4S/c1-17(2,3)12-5-8-14(9-6-12)23(20,21)18-13-7-10-15(19)16(11-13)22-4/h5-11,18-19H,1-4H3. The molecular formula is C17H21NO4S. The molecule has 0 radical (unpaired) electrons. The lowest BCUT2D eigenvalue weighted by Crippen LogP contribution is -2.15. The summed E-state index contributed by atoms with van der Waals surface area (Å²) in [5.74, 6) is 0.151. The smallest absolute Gasteiger partial charge is 0.261 e. The van der Waals surface area contributed by atoms with Gasteiger partial charge in [-0.1, -0.05) is 32.9 Å². The summed E-state index contributed by atoms with van der Waals surface area (Å²) >= 11 is 0. The van der Waals surface area contributed by atoms with Gasteiger partial charge in [0.2, 0.25) is 0 Å². The fraction of sp³-hybridized carbons (Fsp3) is 0.294. The Balaban J connectivity index is 2.28. The maximum Gasteiger partial charge on any atom is 0.261 e. The molecule has 0 aliphatic carbocycles. The van der Waals surface area contributed by atoms with Gasteiger partial charge in [0.05, 0.1) is 17.7 Å². The second-order valence-electron chi connectivity index (χ2n) is 6.27. The number of hydrogen-bond donors (Lipinski definition) is 2. The van der Waals surface area contributed by atoms with Crippen molar-refractivity contribution in [2.75, 3.05) is 11.8 Å². The van der Waals surface area contributed by atoms with E-state index in [0.29, 0.717) is 5.69 Å². The van der Waals surface area contributed by atoms with Crippen LogP contribution in [-0.2, 0) is 15.4 Å². The molecule has 0 saturated carbocycles. The maximum absolute atomic E-state index is 12.4. The van der Waals surface area contributed by atoms with Crippen LogP contribution in [0.5, 0.6) is 11.5 Å². The molecule has 2 aromatic carbocycles. The summed E-state index contributed by atoms with van der Waals surface area (Å²) in [6, 6.07) is 11.1. The number of hydrogen-bond acceptors (Lipinski definition) is 4. The van der Waals surface area contributed by atoms with Crippen molar-refractivity contribution in [1.82, 2.24) is 0 Å². The van der Waals surface area contributed by atoms with Crippen molar-refractivity contribution in [1.29, 1.82) is 0 Å². The van der Waals surface area contributed by atoms with E-state index < -0.39 is 10.0 Å². The molecule has 0 aliphatic heterocycles. The molecular weight excluding hydrogens is 314 g/mol. The normalized spacial score (nSPS) is 12.0. The third-order valence-corrected chi connectivity index (χ3v) is 4.86. The number of anilines is 1. The van der Waals surface area contributed by atoms with E-state index in [4.69, 9.17) is 4.74 Å². The van der Waals surface area contributed by atoms with Crippen molar-refractivity contribution in [3.63, 3.8) is 0 Å². The summed E-state index contributed by atoms with van der Waals surface area (Å²) in [4.78, 5) is 0.178. The summed E-state index contributed by atoms with van der Waals surface area (Å²) in [6.07, 6.45) is 0. The molecule has 2 aromatic rings. The van der Waals surface area contributed by atoms with Gasteiger partial charge < -0.3 is 9.84 Å². The summed E-state index contributed by atoms with van der Waals surface area (Å²) in [6.45, 7) is 6.20. The van der Waals surface area contributed by atoms with Crippen LogP contribution < -0.4 is 9.46 Å². The van der Waals surface area contributed by atoms with Crippen molar-refractivity contribution in [3.8, 4) is 11.5 Å². The minimum Gasteiger partial charge on any atom is -0.504 e. The number of ether oxygens (including phenoxy) is 1. The first-order valence-electron chi connectivity index (χ1n) is 7.14. The van der Waals surface area contributed by atoms with Gasteiger partial charge in [-0.15, -0.1) is 0 Å². The van der Waals surface area contributed by atoms with Crippen LogP contribution in [0.2, 0.25) is 0 Å². The van der Waals surface area contributed by atoms with Gasteiger partial charge in [0.15, 0.2) is 11.5 Å². The van der Waals surface area contributed by atoms with Crippen LogP contribution >= 0.6 is 0 Å². The molecule has 0 spiro atoms. The van der Waals surface area contributed by atoms with Crippen LogP contribution in [0.1, 0.15) is 26.3 Å². The fourth-order valence-corrected chi connectivity index (χ4v) is 3.14. The lowest BCUT2D eigenvalue weighted by molar-refractivity contribution is 0.374. The lowest BCUT2D eigenvalue weighted by atomic mass is 9.87. The highest BCUT2D eigenvalue weighted by Crippen LogP contribution is 2.30. The Morgan fingerprint density at radius 1 is 1.04 bits per heavy atom. The average Bonchev–Trinajstić information content (AvgIpc) is 2.48. The van der Waals surface area contributed by atoms with Gasteiger partial charge >= 0.3 is 0 Å². The van der Waals surface area contributed by atoms with Crippen molar-refractivity contribution in [3.05, 3.63) is 48.0 Å². The van der Waals surface area contributed by atoms with E-state index in [-0.39, 0.29) is 21.8 Å². The third kappa shape index (κ3) is 3.96. The molecule has 0 unspecified atom stereocenters. The Hall–Kier alpha value is -2.21. The van der Waals surface area contributed by atoms with E-state index in [2.05, 4.69) is 25.5 Å². The molecule has 23 heavy (non-hydrogen) atoms. The SMILES string of the molecule is COc1cc(NS(=O)(=O)c2ccc(C(C)(C)C)cc2)ccc1O. The zero-order valence-corrected chi connectivity index (χ0v) is 14.4. The maximum atomic E-state index is 12.4. The Kier molecular flexibility index (Phi) is 4.56. The first-order valence-corrected chi connectivity index (χ1v) is 8.62. The van der Waals surface area contributed by atoms with Gasteiger partial charge in [0, 0.05) is 6.07 Å². The quantitative estimate of drug-likeness (QED) is 0.839. The molecule has 0 saturated heterocycles. The first-order chi connectivity index (χ1) is 10.6. The Morgan fingerprint density at radius 2 is 1.65 bits per heavy atom. The van der Waals surface area contributed by atoms with E-state index >= 15 is 0 Å². The molecule has 0 aliphatic rings. The van der Waals surface area contributed by atoms with Crippen LogP contribution in [0, 0.1) is 0 Å². The van der Waals surface area contributed by atoms with Gasteiger partial charge in [0.25, 0.3) is 10.0 Å². The molecule has 0 atom stereocenters. The highest BCUT2D eigenvalue weighted by atomic mass is 32.2. The lowest BCUT2D eigenvalue weighted by Gasteiger charge is -2.19. The Labute approximate surface area is 137 Å². The van der Waals surface area contributed by atoms with Crippen molar-refractivity contribution in [2.45, 2.75) is 31.1 Å². The van der Waals surface area contributed by atoms with Crippen LogP contribution in [0.3, 0.4) is 0 Å². The zero-order chi connectivity index (χ0) is 17.3. The topological polar surface area (TPSA) is 75.6 Å². The van der Waals surface area contributed by atoms with E-state index in [1.54, 1.807) is 12.1 Å². The van der Waals surface area contributed by atoms with E-state index in [1.807, 2.05) is 12.1 Å². The Morgan fingerprint density at radius 3 is 2.17 bits per heavy atom. The third-order valence-electron chi connectivity index (χ3n) is 3.46. The van der Waals surface area contributed by atoms with Crippen molar-refractivity contribution < 1.29 is 18.3 Å². The molecule has 2 N–H and O–H groups in total. The summed E-state index contributed by atoms with van der Waals surface area (Å²) in [5, 5.41) is 9.55. The molecule has 0 aromatic heterocycles. The molecule has 2 rings (SSSR count). The second kappa shape index (κ2) is 6.12. The minimum atomic E-state index is -3.70. The summed E-state index contributed by atoms with van der Waals surface area (Å²) in [7, 11) is -2.30. The highest BCUT2D eigenvalue weighted by Gasteiger charge is 2.18. The predicted octanol–water partition coefficient (Wildman–Crippen LogP) is 3.50. The molecule has 5 nitrogen and oxygen atoms in total. The number of phenols is 1. The monoisotopic (exact) mass is 335 g/mol. The number of methoxy groups -OCH3 is 1. The summed E-state index contributed by atoms with van der Waals surface area (Å²) < 4.78 is 32.3. The number of benzene rings is 2. The minimum absolute atomic E-state index is 0.0416. The van der Waals surface area contributed by atoms with Gasteiger partial charge in [0.1, 0.15) is 0 Å². The van der Waals surface area contributed by atoms with E-state index in [1.165, 1.54) is 25.3 Å². The van der Waals surface area contributed by atoms with E-state index in [0.717, 1.165) is 5.56 Å². The Bertz CT molecular complexity index is 790. The van der Waals surface area contributed by atoms with Crippen molar-refractivity contribution in [2.24, 2.45) is 0 Å². The molecule has 0 heterocycles. The van der Waals surface area contributed by atoms with Crippen molar-refractivity contribution >= 4 is 15.7 Å². The largest absolute Gasteiger partial charge is 0.504 e. The fourth-order valence-electron chi connectivity index (χ4n) is 2.09. The second-order valence-corrected chi connectivity index (χ2v) is 7.95. The molecule has 124 valence electrons. The molecule has 0 fully saturated rings. The number of sulfonamides is 1. The average molecular weight is 335 g/mol. The summed E-state index contributed by atoms with van der Waals surface area (Å²) in [5.41, 5.74) is 1.34. The van der Waals surface area contributed by atoms with Crippen LogP contribution in [0.4, 0.5) is 5.69 Å². The molecule has 0 bridgehead atoms. The highest BCUT2D eigenvalue weighted by molar-refractivity contribution is 7.92. The van der Waals surface area contributed by atoms with Crippen LogP contribution in [0.15, 0.2) is 47.4 Å². The first kappa shape index (κ1) is 17.1. The zero-order valence-electron chi connectivity index (χ0n) is 13.6. The number of aromatic hydroxyl groups is 1. The number of nitrogens with one attached hydrogen (secondary N) is 1. The molecule has 0 amide bonds. The van der Waals surface area contributed by atoms with Crippen LogP contribution in [0.25, 0.3) is 0 Å². The number of rotatable bonds is 4. The predicted molar refractivity (Wildman–Crippen MR) is 90.6 cm³/mol.